The van der Waals surface area contributed by atoms with Gasteiger partial charge in [-0.2, -0.15) is 0 Å². The minimum absolute atomic E-state index is 0.0140. The summed E-state index contributed by atoms with van der Waals surface area (Å²) in [7, 11) is 0. The van der Waals surface area contributed by atoms with Gasteiger partial charge in [0.1, 0.15) is 17.4 Å². The van der Waals surface area contributed by atoms with Gasteiger partial charge in [0.05, 0.1) is 17.1 Å². The molecule has 0 fully saturated rings. The number of aryl methyl sites for hydroxylation is 1. The lowest BCUT2D eigenvalue weighted by Gasteiger charge is -2.20. The third kappa shape index (κ3) is 3.42. The number of ketones is 1. The fourth-order valence-corrected chi connectivity index (χ4v) is 6.20. The number of carbonyl (C=O) groups is 2. The van der Waals surface area contributed by atoms with Crippen LogP contribution in [0.4, 0.5) is 9.39 Å². The maximum Gasteiger partial charge on any atom is 0.249 e. The average molecular weight is 439 g/mol. The largest absolute Gasteiger partial charge is 0.294 e. The van der Waals surface area contributed by atoms with Gasteiger partial charge in [-0.25, -0.2) is 4.39 Å². The van der Waals surface area contributed by atoms with E-state index in [1.165, 1.54) is 34.7 Å². The molecule has 1 amide bonds. The maximum absolute atomic E-state index is 13.2. The quantitative estimate of drug-likeness (QED) is 0.545. The molecule has 0 N–H and O–H groups in total. The Morgan fingerprint density at radius 3 is 2.70 bits per heavy atom. The minimum Gasteiger partial charge on any atom is -0.294 e. The first kappa shape index (κ1) is 19.3. The summed E-state index contributed by atoms with van der Waals surface area (Å²) in [5, 5.41) is 2.84. The maximum atomic E-state index is 13.2. The fourth-order valence-electron chi connectivity index (χ4n) is 4.06. The molecule has 0 bridgehead atoms. The van der Waals surface area contributed by atoms with E-state index in [1.54, 1.807) is 27.6 Å². The van der Waals surface area contributed by atoms with Crippen molar-refractivity contribution in [2.45, 2.75) is 25.7 Å². The van der Waals surface area contributed by atoms with Crippen LogP contribution in [0.3, 0.4) is 0 Å². The lowest BCUT2D eigenvalue weighted by Crippen LogP contribution is -2.36. The van der Waals surface area contributed by atoms with Crippen LogP contribution in [-0.4, -0.2) is 30.5 Å². The zero-order chi connectivity index (χ0) is 20.7. The summed E-state index contributed by atoms with van der Waals surface area (Å²) in [6.07, 6.45) is 4.23. The van der Waals surface area contributed by atoms with Crippen LogP contribution < -0.4 is 4.90 Å². The third-order valence-corrected chi connectivity index (χ3v) is 7.72. The van der Waals surface area contributed by atoms with Gasteiger partial charge in [0.2, 0.25) is 5.91 Å². The van der Waals surface area contributed by atoms with Crippen molar-refractivity contribution in [3.8, 4) is 0 Å². The van der Waals surface area contributed by atoms with E-state index in [1.807, 2.05) is 17.5 Å². The summed E-state index contributed by atoms with van der Waals surface area (Å²) >= 11 is 3.23. The van der Waals surface area contributed by atoms with E-state index in [-0.39, 0.29) is 30.6 Å². The van der Waals surface area contributed by atoms with Crippen molar-refractivity contribution in [1.29, 1.82) is 0 Å². The Morgan fingerprint density at radius 2 is 1.93 bits per heavy atom. The summed E-state index contributed by atoms with van der Waals surface area (Å²) in [6.45, 7) is -0.0514. The predicted molar refractivity (Wildman–Crippen MR) is 119 cm³/mol. The summed E-state index contributed by atoms with van der Waals surface area (Å²) in [4.78, 5) is 34.6. The highest BCUT2D eigenvalue weighted by Crippen LogP contribution is 2.43. The van der Waals surface area contributed by atoms with Crippen LogP contribution in [0.15, 0.2) is 46.8 Å². The molecule has 0 radical (unpaired) electrons. The van der Waals surface area contributed by atoms with Crippen LogP contribution in [0.25, 0.3) is 0 Å². The zero-order valence-electron chi connectivity index (χ0n) is 16.2. The molecule has 2 aromatic heterocycles. The number of amides is 1. The van der Waals surface area contributed by atoms with Crippen LogP contribution in [0.5, 0.6) is 0 Å². The summed E-state index contributed by atoms with van der Waals surface area (Å²) in [5.74, 6) is -0.781. The second-order valence-electron chi connectivity index (χ2n) is 7.44. The molecule has 1 aliphatic heterocycles. The van der Waals surface area contributed by atoms with Gasteiger partial charge in [0.25, 0.3) is 0 Å². The summed E-state index contributed by atoms with van der Waals surface area (Å²) in [5.41, 5.74) is 3.57. The number of rotatable bonds is 4. The molecule has 152 valence electrons. The molecule has 0 saturated heterocycles. The topological polar surface area (TPSA) is 49.7 Å². The Labute approximate surface area is 181 Å². The number of carbonyl (C=O) groups excluding carboxylic acids is 2. The van der Waals surface area contributed by atoms with Crippen molar-refractivity contribution in [3.05, 3.63) is 74.0 Å². The number of hydrogen-bond acceptors (Lipinski definition) is 5. The Bertz CT molecular complexity index is 1150. The minimum atomic E-state index is -0.389. The van der Waals surface area contributed by atoms with E-state index in [0.717, 1.165) is 46.8 Å². The molecule has 0 atom stereocenters. The summed E-state index contributed by atoms with van der Waals surface area (Å²) < 4.78 is 13.2. The van der Waals surface area contributed by atoms with E-state index < -0.39 is 0 Å². The molecule has 2 aliphatic rings. The lowest BCUT2D eigenvalue weighted by atomic mass is 9.93. The Hall–Kier alpha value is -2.64. The Morgan fingerprint density at radius 1 is 1.13 bits per heavy atom. The highest BCUT2D eigenvalue weighted by molar-refractivity contribution is 7.17. The molecule has 7 heteroatoms. The number of benzene rings is 1. The van der Waals surface area contributed by atoms with Crippen molar-refractivity contribution in [2.24, 2.45) is 4.99 Å². The van der Waals surface area contributed by atoms with E-state index in [9.17, 15) is 14.0 Å². The van der Waals surface area contributed by atoms with Crippen LogP contribution >= 0.6 is 22.7 Å². The number of aliphatic imine (C=N–C) groups is 1. The van der Waals surface area contributed by atoms with Gasteiger partial charge < -0.3 is 0 Å². The number of halogens is 1. The molecule has 3 heterocycles. The van der Waals surface area contributed by atoms with Gasteiger partial charge in [-0.15, -0.1) is 22.7 Å². The molecule has 0 spiro atoms. The molecular weight excluding hydrogens is 419 g/mol. The predicted octanol–water partition coefficient (Wildman–Crippen LogP) is 4.89. The first-order valence-electron chi connectivity index (χ1n) is 9.94. The third-order valence-electron chi connectivity index (χ3n) is 5.53. The first-order valence-corrected chi connectivity index (χ1v) is 11.6. The van der Waals surface area contributed by atoms with Gasteiger partial charge >= 0.3 is 0 Å². The number of thiophene rings is 2. The second-order valence-corrected chi connectivity index (χ2v) is 9.47. The number of hydrogen-bond donors (Lipinski definition) is 0. The average Bonchev–Trinajstić information content (AvgIpc) is 3.39. The SMILES string of the molecule is O=C(CN1C(=O)CN=C(c2cccs2)c2c1sc1c2CCCC1)c1ccc(F)cc1. The van der Waals surface area contributed by atoms with Gasteiger partial charge in [0.15, 0.2) is 5.78 Å². The Balaban J connectivity index is 1.58. The normalized spacial score (nSPS) is 16.0. The standard InChI is InChI=1S/C23H19FN2O2S2/c24-15-9-7-14(8-10-15)17(27)13-26-20(28)12-25-22(19-6-3-11-29-19)21-16-4-1-2-5-18(16)30-23(21)26/h3,6-11H,1-2,4-5,12-13H2. The second kappa shape index (κ2) is 7.89. The molecule has 1 aromatic carbocycles. The van der Waals surface area contributed by atoms with E-state index in [2.05, 4.69) is 0 Å². The van der Waals surface area contributed by atoms with E-state index in [4.69, 9.17) is 4.99 Å². The zero-order valence-corrected chi connectivity index (χ0v) is 17.8. The van der Waals surface area contributed by atoms with Crippen molar-refractivity contribution >= 4 is 45.1 Å². The van der Waals surface area contributed by atoms with Crippen molar-refractivity contribution in [3.63, 3.8) is 0 Å². The molecular formula is C23H19FN2O2S2. The molecule has 30 heavy (non-hydrogen) atoms. The van der Waals surface area contributed by atoms with Gasteiger partial charge in [-0.3, -0.25) is 19.5 Å². The lowest BCUT2D eigenvalue weighted by molar-refractivity contribution is -0.117. The number of anilines is 1. The Kier molecular flexibility index (Phi) is 5.08. The number of fused-ring (bicyclic) bond motifs is 3. The number of nitrogens with zero attached hydrogens (tertiary/aromatic N) is 2. The molecule has 4 nitrogen and oxygen atoms in total. The van der Waals surface area contributed by atoms with Gasteiger partial charge in [-0.1, -0.05) is 6.07 Å². The molecule has 0 saturated carbocycles. The van der Waals surface area contributed by atoms with Crippen LogP contribution in [0.2, 0.25) is 0 Å². The van der Waals surface area contributed by atoms with Crippen molar-refractivity contribution in [2.75, 3.05) is 18.0 Å². The van der Waals surface area contributed by atoms with E-state index in [0.29, 0.717) is 5.56 Å². The first-order chi connectivity index (χ1) is 14.6. The summed E-state index contributed by atoms with van der Waals surface area (Å²) in [6, 6.07) is 9.49. The van der Waals surface area contributed by atoms with Gasteiger partial charge in [-0.05, 0) is 67.0 Å². The van der Waals surface area contributed by atoms with Crippen molar-refractivity contribution < 1.29 is 14.0 Å². The fraction of sp³-hybridized carbons (Fsp3) is 0.261. The molecule has 3 aromatic rings. The number of Topliss-reactive ketones (excluding diaryl/α,β-unsaturated/α-hetero) is 1. The monoisotopic (exact) mass is 438 g/mol. The smallest absolute Gasteiger partial charge is 0.249 e. The highest BCUT2D eigenvalue weighted by atomic mass is 32.1. The van der Waals surface area contributed by atoms with E-state index >= 15 is 0 Å². The highest BCUT2D eigenvalue weighted by Gasteiger charge is 2.33. The van der Waals surface area contributed by atoms with Gasteiger partial charge in [0, 0.05) is 16.0 Å². The molecule has 1 aliphatic carbocycles. The van der Waals surface area contributed by atoms with Crippen LogP contribution in [-0.2, 0) is 17.6 Å². The van der Waals surface area contributed by atoms with Crippen molar-refractivity contribution in [1.82, 2.24) is 0 Å². The molecule has 0 unspecified atom stereocenters. The van der Waals surface area contributed by atoms with Crippen LogP contribution in [0, 0.1) is 5.82 Å². The molecule has 5 rings (SSSR count). The van der Waals surface area contributed by atoms with Crippen LogP contribution in [0.1, 0.15) is 44.1 Å².